The molecule has 10 heteroatoms. The fourth-order valence-corrected chi connectivity index (χ4v) is 9.89. The minimum atomic E-state index is 0.537. The lowest BCUT2D eigenvalue weighted by atomic mass is 10.1. The fraction of sp³-hybridized carbons (Fsp3) is 0.0339. The molecule has 328 valence electrons. The highest BCUT2D eigenvalue weighted by atomic mass is 32.2. The number of fused-ring (bicyclic) bond motifs is 6. The highest BCUT2D eigenvalue weighted by molar-refractivity contribution is 8.22. The molecule has 4 aromatic heterocycles. The summed E-state index contributed by atoms with van der Waals surface area (Å²) in [5.74, 6) is 3.50. The van der Waals surface area contributed by atoms with Gasteiger partial charge in [-0.3, -0.25) is 14.1 Å². The van der Waals surface area contributed by atoms with Crippen LogP contribution < -0.4 is 0 Å². The van der Waals surface area contributed by atoms with E-state index >= 15 is 0 Å². The average molecular weight is 908 g/mol. The SMILES string of the molecule is C=C(SC(=NCC)c1ccc2c(c1)c1ccccc1n2-c1nc(-c2ccccc2)nc(-c2ccccc2)n1)c1ccc2c3ccccc3n(-c3nc(-c4ccccc4)nc(-c4ccccc4)n3)c2c1. The third kappa shape index (κ3) is 7.72. The summed E-state index contributed by atoms with van der Waals surface area (Å²) in [5.41, 5.74) is 9.55. The molecule has 0 aliphatic rings. The van der Waals surface area contributed by atoms with Crippen molar-refractivity contribution in [2.75, 3.05) is 6.54 Å². The van der Waals surface area contributed by atoms with Crippen molar-refractivity contribution in [3.8, 4) is 57.4 Å². The quantitative estimate of drug-likeness (QED) is 0.0995. The molecule has 0 saturated carbocycles. The third-order valence-electron chi connectivity index (χ3n) is 12.2. The molecule has 0 radical (unpaired) electrons. The van der Waals surface area contributed by atoms with Gasteiger partial charge < -0.3 is 0 Å². The Hall–Kier alpha value is -8.86. The van der Waals surface area contributed by atoms with Crippen molar-refractivity contribution in [2.45, 2.75) is 6.92 Å². The molecule has 69 heavy (non-hydrogen) atoms. The predicted molar refractivity (Wildman–Crippen MR) is 284 cm³/mol. The van der Waals surface area contributed by atoms with Crippen molar-refractivity contribution in [3.05, 3.63) is 224 Å². The number of rotatable bonds is 10. The summed E-state index contributed by atoms with van der Waals surface area (Å²) in [6.45, 7) is 7.34. The molecule has 0 amide bonds. The molecular formula is C59H41N9S. The van der Waals surface area contributed by atoms with Crippen LogP contribution in [0.4, 0.5) is 0 Å². The van der Waals surface area contributed by atoms with Crippen LogP contribution in [-0.4, -0.2) is 50.6 Å². The summed E-state index contributed by atoms with van der Waals surface area (Å²) >= 11 is 1.57. The molecule has 0 spiro atoms. The van der Waals surface area contributed by atoms with Gasteiger partial charge in [-0.25, -0.2) is 9.97 Å². The van der Waals surface area contributed by atoms with Gasteiger partial charge in [0.2, 0.25) is 11.9 Å². The molecule has 9 nitrogen and oxygen atoms in total. The summed E-state index contributed by atoms with van der Waals surface area (Å²) in [4.78, 5) is 36.4. The molecule has 0 fully saturated rings. The van der Waals surface area contributed by atoms with Crippen LogP contribution in [0.2, 0.25) is 0 Å². The zero-order valence-corrected chi connectivity index (χ0v) is 38.3. The van der Waals surface area contributed by atoms with Crippen LogP contribution >= 0.6 is 11.8 Å². The zero-order chi connectivity index (χ0) is 46.3. The summed E-state index contributed by atoms with van der Waals surface area (Å²) in [7, 11) is 0. The van der Waals surface area contributed by atoms with E-state index in [0.717, 1.165) is 86.9 Å². The molecule has 0 atom stereocenters. The van der Waals surface area contributed by atoms with E-state index in [-0.39, 0.29) is 0 Å². The van der Waals surface area contributed by atoms with Crippen LogP contribution in [0.5, 0.6) is 0 Å². The molecule has 0 aliphatic heterocycles. The second-order valence-corrected chi connectivity index (χ2v) is 17.6. The van der Waals surface area contributed by atoms with Gasteiger partial charge in [-0.05, 0) is 42.8 Å². The monoisotopic (exact) mass is 907 g/mol. The summed E-state index contributed by atoms with van der Waals surface area (Å²) in [5, 5.41) is 5.21. The molecule has 12 aromatic rings. The van der Waals surface area contributed by atoms with E-state index < -0.39 is 0 Å². The lowest BCUT2D eigenvalue weighted by Gasteiger charge is -2.13. The van der Waals surface area contributed by atoms with Gasteiger partial charge in [-0.1, -0.05) is 194 Å². The first-order valence-corrected chi connectivity index (χ1v) is 23.6. The smallest absolute Gasteiger partial charge is 0.238 e. The van der Waals surface area contributed by atoms with Crippen LogP contribution in [0.15, 0.2) is 218 Å². The fourth-order valence-electron chi connectivity index (χ4n) is 8.98. The maximum absolute atomic E-state index is 5.14. The number of para-hydroxylation sites is 2. The zero-order valence-electron chi connectivity index (χ0n) is 37.5. The van der Waals surface area contributed by atoms with E-state index in [2.05, 4.69) is 108 Å². The Balaban J connectivity index is 0.946. The van der Waals surface area contributed by atoms with E-state index in [9.17, 15) is 0 Å². The van der Waals surface area contributed by atoms with Gasteiger partial charge in [0.05, 0.1) is 22.1 Å². The second-order valence-electron chi connectivity index (χ2n) is 16.5. The van der Waals surface area contributed by atoms with Crippen molar-refractivity contribution in [1.29, 1.82) is 0 Å². The van der Waals surface area contributed by atoms with Gasteiger partial charge in [0.1, 0.15) is 5.04 Å². The van der Waals surface area contributed by atoms with Gasteiger partial charge in [0, 0.05) is 60.8 Å². The number of hydrogen-bond donors (Lipinski definition) is 0. The topological polar surface area (TPSA) is 99.6 Å². The molecular weight excluding hydrogens is 867 g/mol. The van der Waals surface area contributed by atoms with Crippen molar-refractivity contribution < 1.29 is 0 Å². The number of nitrogens with zero attached hydrogens (tertiary/aromatic N) is 9. The van der Waals surface area contributed by atoms with Crippen molar-refractivity contribution in [1.82, 2.24) is 39.0 Å². The van der Waals surface area contributed by atoms with E-state index in [1.807, 2.05) is 121 Å². The van der Waals surface area contributed by atoms with Gasteiger partial charge in [-0.2, -0.15) is 19.9 Å². The number of thioether (sulfide) groups is 1. The highest BCUT2D eigenvalue weighted by Crippen LogP contribution is 2.39. The number of aromatic nitrogens is 8. The largest absolute Gasteiger partial charge is 0.278 e. The number of aliphatic imine (C=N–C) groups is 1. The molecule has 4 heterocycles. The van der Waals surface area contributed by atoms with Gasteiger partial charge >= 0.3 is 0 Å². The minimum Gasteiger partial charge on any atom is -0.278 e. The summed E-state index contributed by atoms with van der Waals surface area (Å²) in [6.07, 6.45) is 0. The van der Waals surface area contributed by atoms with Crippen molar-refractivity contribution >= 4 is 65.3 Å². The van der Waals surface area contributed by atoms with Crippen molar-refractivity contribution in [3.63, 3.8) is 0 Å². The normalized spacial score (nSPS) is 11.8. The third-order valence-corrected chi connectivity index (χ3v) is 13.3. The van der Waals surface area contributed by atoms with Gasteiger partial charge in [-0.15, -0.1) is 0 Å². The molecule has 12 rings (SSSR count). The molecule has 0 N–H and O–H groups in total. The lowest BCUT2D eigenvalue weighted by Crippen LogP contribution is -2.06. The van der Waals surface area contributed by atoms with E-state index in [1.165, 1.54) is 0 Å². The molecule has 0 unspecified atom stereocenters. The van der Waals surface area contributed by atoms with Crippen LogP contribution in [0.1, 0.15) is 18.1 Å². The van der Waals surface area contributed by atoms with Gasteiger partial charge in [0.15, 0.2) is 23.3 Å². The summed E-state index contributed by atoms with van der Waals surface area (Å²) in [6, 6.07) is 70.1. The Morgan fingerprint density at radius 2 is 0.797 bits per heavy atom. The molecule has 0 aliphatic carbocycles. The Kier molecular flexibility index (Phi) is 10.7. The van der Waals surface area contributed by atoms with Crippen LogP contribution in [-0.2, 0) is 0 Å². The van der Waals surface area contributed by atoms with Crippen LogP contribution in [0.3, 0.4) is 0 Å². The van der Waals surface area contributed by atoms with E-state index in [1.54, 1.807) is 11.8 Å². The minimum absolute atomic E-state index is 0.537. The first-order chi connectivity index (χ1) is 34.1. The maximum atomic E-state index is 5.14. The maximum Gasteiger partial charge on any atom is 0.238 e. The highest BCUT2D eigenvalue weighted by Gasteiger charge is 2.22. The molecule has 0 saturated heterocycles. The van der Waals surface area contributed by atoms with Crippen molar-refractivity contribution in [2.24, 2.45) is 4.99 Å². The molecule has 8 aromatic carbocycles. The lowest BCUT2D eigenvalue weighted by molar-refractivity contribution is 0.953. The second kappa shape index (κ2) is 17.7. The Bertz CT molecular complexity index is 3810. The first-order valence-electron chi connectivity index (χ1n) is 22.8. The molecule has 0 bridgehead atoms. The van der Waals surface area contributed by atoms with Crippen LogP contribution in [0, 0.1) is 0 Å². The summed E-state index contributed by atoms with van der Waals surface area (Å²) < 4.78 is 4.29. The van der Waals surface area contributed by atoms with E-state index in [4.69, 9.17) is 34.9 Å². The Labute approximate surface area is 402 Å². The predicted octanol–water partition coefficient (Wildman–Crippen LogP) is 14.1. The Morgan fingerprint density at radius 3 is 1.28 bits per heavy atom. The number of hydrogen-bond acceptors (Lipinski definition) is 8. The standard InChI is InChI=1S/C59H41N9S/c1-3-60-57(44-33-35-51-48(36-44)46-29-17-19-31-50(46)67(51)58-63-53(39-20-8-4-9-21-39)61-54(64-58)40-22-10-5-11-23-40)69-38(2)43-32-34-47-45-28-16-18-30-49(45)68(52(47)37-43)59-65-55(41-24-12-6-13-25-41)62-56(66-59)42-26-14-7-15-27-42/h4-37H,2-3H2,1H3. The average Bonchev–Trinajstić information content (AvgIpc) is 3.94. The van der Waals surface area contributed by atoms with E-state index in [0.29, 0.717) is 41.7 Å². The first kappa shape index (κ1) is 41.6. The van der Waals surface area contributed by atoms with Gasteiger partial charge in [0.25, 0.3) is 0 Å². The number of benzene rings is 8. The van der Waals surface area contributed by atoms with Crippen LogP contribution in [0.25, 0.3) is 106 Å². The Morgan fingerprint density at radius 1 is 0.406 bits per heavy atom.